The third kappa shape index (κ3) is 3.56. The molecule has 1 rings (SSSR count). The van der Waals surface area contributed by atoms with Crippen LogP contribution in [-0.4, -0.2) is 11.2 Å². The predicted octanol–water partition coefficient (Wildman–Crippen LogP) is 2.36. The van der Waals surface area contributed by atoms with Crippen molar-refractivity contribution in [1.29, 1.82) is 0 Å². The Morgan fingerprint density at radius 2 is 1.73 bits per heavy atom. The molecule has 4 nitrogen and oxygen atoms in total. The van der Waals surface area contributed by atoms with E-state index in [1.807, 2.05) is 0 Å². The molecule has 0 aromatic heterocycles. The molecule has 1 aromatic carbocycles. The molecular weight excluding hydrogens is 194 g/mol. The molecule has 0 saturated heterocycles. The zero-order valence-corrected chi connectivity index (χ0v) is 7.87. The summed E-state index contributed by atoms with van der Waals surface area (Å²) in [6.45, 7) is 0. The van der Waals surface area contributed by atoms with E-state index in [0.717, 1.165) is 5.56 Å². The minimum absolute atomic E-state index is 0.0654. The molecule has 76 valence electrons. The Kier molecular flexibility index (Phi) is 3.97. The second-order valence-electron chi connectivity index (χ2n) is 2.73. The second kappa shape index (κ2) is 5.49. The standard InChI is InChI=1S/C11H9NO3/c13-9-3-1-2-4-10-5-7-11(8-6-10)12(14)15/h1-9H/b3-1+,4-2+. The number of carbonyl (C=O) groups is 1. The number of benzene rings is 1. The summed E-state index contributed by atoms with van der Waals surface area (Å²) in [6, 6.07) is 6.15. The van der Waals surface area contributed by atoms with Gasteiger partial charge in [0.05, 0.1) is 4.92 Å². The molecule has 0 heterocycles. The minimum atomic E-state index is -0.445. The monoisotopic (exact) mass is 203 g/mol. The van der Waals surface area contributed by atoms with Gasteiger partial charge in [-0.15, -0.1) is 0 Å². The maximum absolute atomic E-state index is 10.3. The Morgan fingerprint density at radius 3 is 2.27 bits per heavy atom. The summed E-state index contributed by atoms with van der Waals surface area (Å²) in [6.07, 6.45) is 7.08. The summed E-state index contributed by atoms with van der Waals surface area (Å²) in [7, 11) is 0. The number of allylic oxidation sites excluding steroid dienone is 3. The lowest BCUT2D eigenvalue weighted by atomic mass is 10.2. The van der Waals surface area contributed by atoms with Gasteiger partial charge in [0.25, 0.3) is 5.69 Å². The Bertz CT molecular complexity index is 404. The van der Waals surface area contributed by atoms with Crippen LogP contribution in [0.15, 0.2) is 42.5 Å². The van der Waals surface area contributed by atoms with Crippen LogP contribution in [0.1, 0.15) is 5.56 Å². The zero-order valence-electron chi connectivity index (χ0n) is 7.87. The number of carbonyl (C=O) groups excluding carboxylic acids is 1. The van der Waals surface area contributed by atoms with Crippen molar-refractivity contribution in [3.05, 3.63) is 58.2 Å². The molecule has 0 bridgehead atoms. The van der Waals surface area contributed by atoms with Crippen molar-refractivity contribution in [3.8, 4) is 0 Å². The van der Waals surface area contributed by atoms with Gasteiger partial charge in [0.15, 0.2) is 0 Å². The van der Waals surface area contributed by atoms with Gasteiger partial charge in [-0.3, -0.25) is 14.9 Å². The maximum atomic E-state index is 10.3. The largest absolute Gasteiger partial charge is 0.299 e. The molecule has 15 heavy (non-hydrogen) atoms. The first-order valence-electron chi connectivity index (χ1n) is 4.27. The molecule has 0 saturated carbocycles. The number of aldehydes is 1. The van der Waals surface area contributed by atoms with Crippen LogP contribution in [-0.2, 0) is 4.79 Å². The van der Waals surface area contributed by atoms with E-state index in [4.69, 9.17) is 0 Å². The van der Waals surface area contributed by atoms with Gasteiger partial charge in [0.2, 0.25) is 0 Å². The molecular formula is C11H9NO3. The summed E-state index contributed by atoms with van der Waals surface area (Å²) in [5.74, 6) is 0. The van der Waals surface area contributed by atoms with E-state index in [0.29, 0.717) is 6.29 Å². The van der Waals surface area contributed by atoms with Crippen molar-refractivity contribution in [2.75, 3.05) is 0 Å². The average molecular weight is 203 g/mol. The number of nitro groups is 1. The van der Waals surface area contributed by atoms with Gasteiger partial charge in [-0.1, -0.05) is 18.2 Å². The van der Waals surface area contributed by atoms with Gasteiger partial charge in [-0.25, -0.2) is 0 Å². The molecule has 0 aliphatic rings. The number of nitro benzene ring substituents is 1. The summed E-state index contributed by atoms with van der Waals surface area (Å²) >= 11 is 0. The topological polar surface area (TPSA) is 60.2 Å². The quantitative estimate of drug-likeness (QED) is 0.248. The normalized spacial score (nSPS) is 10.9. The highest BCUT2D eigenvalue weighted by atomic mass is 16.6. The summed E-state index contributed by atoms with van der Waals surface area (Å²) < 4.78 is 0. The van der Waals surface area contributed by atoms with Gasteiger partial charge >= 0.3 is 0 Å². The lowest BCUT2D eigenvalue weighted by molar-refractivity contribution is -0.384. The van der Waals surface area contributed by atoms with E-state index in [-0.39, 0.29) is 5.69 Å². The van der Waals surface area contributed by atoms with E-state index in [2.05, 4.69) is 0 Å². The van der Waals surface area contributed by atoms with E-state index in [9.17, 15) is 14.9 Å². The Balaban J connectivity index is 2.72. The van der Waals surface area contributed by atoms with Crippen LogP contribution < -0.4 is 0 Å². The van der Waals surface area contributed by atoms with Crippen LogP contribution in [0.4, 0.5) is 5.69 Å². The molecule has 0 atom stereocenters. The summed E-state index contributed by atoms with van der Waals surface area (Å²) in [5.41, 5.74) is 0.909. The Morgan fingerprint density at radius 1 is 1.07 bits per heavy atom. The number of rotatable bonds is 4. The van der Waals surface area contributed by atoms with Gasteiger partial charge in [0.1, 0.15) is 6.29 Å². The van der Waals surface area contributed by atoms with E-state index < -0.39 is 4.92 Å². The minimum Gasteiger partial charge on any atom is -0.299 e. The number of non-ortho nitro benzene ring substituents is 1. The molecule has 0 amide bonds. The van der Waals surface area contributed by atoms with Crippen LogP contribution in [0.25, 0.3) is 6.08 Å². The molecule has 0 spiro atoms. The van der Waals surface area contributed by atoms with Crippen LogP contribution in [0.3, 0.4) is 0 Å². The molecule has 0 fully saturated rings. The van der Waals surface area contributed by atoms with Crippen LogP contribution in [0, 0.1) is 10.1 Å². The first-order chi connectivity index (χ1) is 7.24. The highest BCUT2D eigenvalue weighted by molar-refractivity contribution is 5.66. The van der Waals surface area contributed by atoms with Crippen molar-refractivity contribution >= 4 is 18.0 Å². The molecule has 0 aliphatic heterocycles. The summed E-state index contributed by atoms with van der Waals surface area (Å²) in [4.78, 5) is 19.8. The fourth-order valence-electron chi connectivity index (χ4n) is 0.983. The fourth-order valence-corrected chi connectivity index (χ4v) is 0.983. The highest BCUT2D eigenvalue weighted by Crippen LogP contribution is 2.12. The van der Waals surface area contributed by atoms with Crippen molar-refractivity contribution in [2.45, 2.75) is 0 Å². The lowest BCUT2D eigenvalue weighted by Gasteiger charge is -1.92. The van der Waals surface area contributed by atoms with Gasteiger partial charge in [0, 0.05) is 12.1 Å². The van der Waals surface area contributed by atoms with E-state index in [1.54, 1.807) is 30.4 Å². The molecule has 0 N–H and O–H groups in total. The van der Waals surface area contributed by atoms with E-state index in [1.165, 1.54) is 18.2 Å². The highest BCUT2D eigenvalue weighted by Gasteiger charge is 2.01. The van der Waals surface area contributed by atoms with Gasteiger partial charge < -0.3 is 0 Å². The fraction of sp³-hybridized carbons (Fsp3) is 0. The van der Waals surface area contributed by atoms with Crippen molar-refractivity contribution < 1.29 is 9.72 Å². The number of hydrogen-bond acceptors (Lipinski definition) is 3. The lowest BCUT2D eigenvalue weighted by Crippen LogP contribution is -1.86. The first kappa shape index (κ1) is 10.8. The molecule has 4 heteroatoms. The Hall–Kier alpha value is -2.23. The van der Waals surface area contributed by atoms with Gasteiger partial charge in [-0.05, 0) is 23.8 Å². The van der Waals surface area contributed by atoms with Crippen LogP contribution in [0.5, 0.6) is 0 Å². The third-order valence-electron chi connectivity index (χ3n) is 1.69. The molecule has 0 aliphatic carbocycles. The van der Waals surface area contributed by atoms with Gasteiger partial charge in [-0.2, -0.15) is 0 Å². The van der Waals surface area contributed by atoms with E-state index >= 15 is 0 Å². The second-order valence-corrected chi connectivity index (χ2v) is 2.73. The molecule has 0 radical (unpaired) electrons. The molecule has 0 unspecified atom stereocenters. The third-order valence-corrected chi connectivity index (χ3v) is 1.69. The number of nitrogens with zero attached hydrogens (tertiary/aromatic N) is 1. The predicted molar refractivity (Wildman–Crippen MR) is 57.3 cm³/mol. The maximum Gasteiger partial charge on any atom is 0.269 e. The zero-order chi connectivity index (χ0) is 11.1. The van der Waals surface area contributed by atoms with Crippen molar-refractivity contribution in [3.63, 3.8) is 0 Å². The first-order valence-corrected chi connectivity index (χ1v) is 4.27. The Labute approximate surface area is 86.7 Å². The number of hydrogen-bond donors (Lipinski definition) is 0. The average Bonchev–Trinajstić information content (AvgIpc) is 2.25. The smallest absolute Gasteiger partial charge is 0.269 e. The van der Waals surface area contributed by atoms with Crippen LogP contribution >= 0.6 is 0 Å². The van der Waals surface area contributed by atoms with Crippen LogP contribution in [0.2, 0.25) is 0 Å². The van der Waals surface area contributed by atoms with Crippen molar-refractivity contribution in [2.24, 2.45) is 0 Å². The molecule has 1 aromatic rings. The SMILES string of the molecule is O=C/C=C/C=C/c1ccc([N+](=O)[O-])cc1. The van der Waals surface area contributed by atoms with Crippen molar-refractivity contribution in [1.82, 2.24) is 0 Å². The summed E-state index contributed by atoms with van der Waals surface area (Å²) in [5, 5.41) is 10.3.